The fourth-order valence-corrected chi connectivity index (χ4v) is 2.41. The summed E-state index contributed by atoms with van der Waals surface area (Å²) < 4.78 is 33.2. The first-order valence-corrected chi connectivity index (χ1v) is 8.14. The zero-order valence-electron chi connectivity index (χ0n) is 12.4. The number of aromatic nitrogens is 1. The summed E-state index contributed by atoms with van der Waals surface area (Å²) in [5, 5.41) is 2.59. The average molecular weight is 315 g/mol. The first kappa shape index (κ1) is 16.1. The van der Waals surface area contributed by atoms with Gasteiger partial charge in [-0.3, -0.25) is 0 Å². The molecule has 0 N–H and O–H groups in total. The lowest BCUT2D eigenvalue weighted by Crippen LogP contribution is -2.25. The summed E-state index contributed by atoms with van der Waals surface area (Å²) in [6.45, 7) is 1.82. The number of pyridine rings is 1. The predicted molar refractivity (Wildman–Crippen MR) is 84.3 cm³/mol. The zero-order chi connectivity index (χ0) is 16.2. The number of nitrogens with zero attached hydrogens (tertiary/aromatic N) is 1. The molecule has 3 aromatic rings. The number of fused-ring (bicyclic) bond motifs is 1. The number of rotatable bonds is 1. The number of hydrogen-bond acceptors (Lipinski definition) is 3. The largest absolute Gasteiger partial charge is 0.744 e. The van der Waals surface area contributed by atoms with Gasteiger partial charge >= 0.3 is 0 Å². The van der Waals surface area contributed by atoms with Gasteiger partial charge in [0.1, 0.15) is 17.2 Å². The van der Waals surface area contributed by atoms with Crippen molar-refractivity contribution in [1.82, 2.24) is 0 Å². The van der Waals surface area contributed by atoms with Gasteiger partial charge < -0.3 is 4.55 Å². The summed E-state index contributed by atoms with van der Waals surface area (Å²) >= 11 is 0. The molecule has 0 fully saturated rings. The van der Waals surface area contributed by atoms with Crippen LogP contribution in [0, 0.1) is 6.92 Å². The molecule has 0 amide bonds. The molecule has 0 saturated heterocycles. The van der Waals surface area contributed by atoms with Gasteiger partial charge in [-0.1, -0.05) is 35.9 Å². The van der Waals surface area contributed by atoms with Gasteiger partial charge in [0.2, 0.25) is 0 Å². The van der Waals surface area contributed by atoms with Crippen LogP contribution in [0.3, 0.4) is 0 Å². The van der Waals surface area contributed by atoms with Crippen molar-refractivity contribution in [3.8, 4) is 0 Å². The van der Waals surface area contributed by atoms with Crippen LogP contribution in [-0.2, 0) is 17.2 Å². The molecule has 0 aliphatic carbocycles. The van der Waals surface area contributed by atoms with Gasteiger partial charge in [0, 0.05) is 11.5 Å². The van der Waals surface area contributed by atoms with Crippen LogP contribution in [0.1, 0.15) is 5.56 Å². The highest BCUT2D eigenvalue weighted by atomic mass is 32.2. The molecule has 0 aliphatic rings. The topological polar surface area (TPSA) is 61.1 Å². The monoisotopic (exact) mass is 315 g/mol. The molecule has 0 radical (unpaired) electrons. The normalized spacial score (nSPS) is 10.9. The van der Waals surface area contributed by atoms with Crippen molar-refractivity contribution in [2.75, 3.05) is 0 Å². The van der Waals surface area contributed by atoms with E-state index in [1.807, 2.05) is 14.0 Å². The molecule has 4 nitrogen and oxygen atoms in total. The number of aryl methyl sites for hydroxylation is 2. The number of hydrogen-bond donors (Lipinski definition) is 0. The van der Waals surface area contributed by atoms with Gasteiger partial charge in [0.15, 0.2) is 12.4 Å². The Morgan fingerprint density at radius 1 is 0.909 bits per heavy atom. The van der Waals surface area contributed by atoms with Crippen LogP contribution in [0.4, 0.5) is 0 Å². The molecule has 0 unspecified atom stereocenters. The third-order valence-corrected chi connectivity index (χ3v) is 3.99. The Labute approximate surface area is 130 Å². The fraction of sp³-hybridized carbons (Fsp3) is 0.118. The third kappa shape index (κ3) is 4.38. The predicted octanol–water partition coefficient (Wildman–Crippen LogP) is 2.56. The van der Waals surface area contributed by atoms with Gasteiger partial charge in [0.05, 0.1) is 4.90 Å². The van der Waals surface area contributed by atoms with E-state index in [1.54, 1.807) is 12.1 Å². The molecule has 5 heteroatoms. The molecule has 2 aromatic carbocycles. The minimum atomic E-state index is -4.27. The molecular formula is C17H17NO3S. The quantitative estimate of drug-likeness (QED) is 0.512. The van der Waals surface area contributed by atoms with Crippen molar-refractivity contribution < 1.29 is 17.5 Å². The Morgan fingerprint density at radius 3 is 2.09 bits per heavy atom. The average Bonchev–Trinajstić information content (AvgIpc) is 2.47. The second-order valence-electron chi connectivity index (χ2n) is 5.01. The fourth-order valence-electron chi connectivity index (χ4n) is 1.95. The van der Waals surface area contributed by atoms with E-state index in [0.717, 1.165) is 5.56 Å². The Hall–Kier alpha value is -2.24. The molecule has 1 heterocycles. The third-order valence-electron chi connectivity index (χ3n) is 3.14. The van der Waals surface area contributed by atoms with Crippen LogP contribution in [0.25, 0.3) is 10.8 Å². The first-order chi connectivity index (χ1) is 10.4. The van der Waals surface area contributed by atoms with Crippen molar-refractivity contribution >= 4 is 20.9 Å². The van der Waals surface area contributed by atoms with Crippen LogP contribution in [0.15, 0.2) is 71.9 Å². The van der Waals surface area contributed by atoms with E-state index in [0.29, 0.717) is 0 Å². The van der Waals surface area contributed by atoms with E-state index in [4.69, 9.17) is 0 Å². The highest BCUT2D eigenvalue weighted by Crippen LogP contribution is 2.09. The highest BCUT2D eigenvalue weighted by Gasteiger charge is 1.98. The molecule has 0 spiro atoms. The molecule has 0 saturated carbocycles. The van der Waals surface area contributed by atoms with E-state index in [1.165, 1.54) is 22.9 Å². The van der Waals surface area contributed by atoms with E-state index in [9.17, 15) is 13.0 Å². The summed E-state index contributed by atoms with van der Waals surface area (Å²) in [6.07, 6.45) is 4.18. The Balaban J connectivity index is 0.000000160. The second-order valence-corrected chi connectivity index (χ2v) is 6.39. The van der Waals surface area contributed by atoms with Crippen LogP contribution in [0.2, 0.25) is 0 Å². The molecule has 0 bridgehead atoms. The lowest BCUT2D eigenvalue weighted by atomic mass is 10.2. The summed E-state index contributed by atoms with van der Waals surface area (Å²) in [6, 6.07) is 16.3. The molecule has 1 aromatic heterocycles. The Morgan fingerprint density at radius 2 is 1.50 bits per heavy atom. The molecule has 3 rings (SSSR count). The summed E-state index contributed by atoms with van der Waals surface area (Å²) in [5.74, 6) is 0. The minimum absolute atomic E-state index is 0.178. The maximum atomic E-state index is 10.4. The van der Waals surface area contributed by atoms with E-state index < -0.39 is 10.1 Å². The highest BCUT2D eigenvalue weighted by molar-refractivity contribution is 7.85. The maximum Gasteiger partial charge on any atom is 0.176 e. The lowest BCUT2D eigenvalue weighted by Gasteiger charge is -2.05. The summed E-state index contributed by atoms with van der Waals surface area (Å²) in [4.78, 5) is -0.178. The lowest BCUT2D eigenvalue weighted by molar-refractivity contribution is -0.670. The van der Waals surface area contributed by atoms with Crippen molar-refractivity contribution in [2.45, 2.75) is 11.8 Å². The Bertz CT molecular complexity index is 872. The van der Waals surface area contributed by atoms with Gasteiger partial charge in [-0.25, -0.2) is 13.0 Å². The first-order valence-electron chi connectivity index (χ1n) is 6.73. The van der Waals surface area contributed by atoms with Gasteiger partial charge in [-0.15, -0.1) is 0 Å². The second kappa shape index (κ2) is 6.68. The minimum Gasteiger partial charge on any atom is -0.744 e. The van der Waals surface area contributed by atoms with Crippen LogP contribution >= 0.6 is 0 Å². The SMILES string of the molecule is C[n+]1ccc2ccccc2c1.Cc1ccc(S(=O)(=O)[O-])cc1. The van der Waals surface area contributed by atoms with E-state index >= 15 is 0 Å². The molecular weight excluding hydrogens is 298 g/mol. The van der Waals surface area contributed by atoms with Crippen LogP contribution < -0.4 is 4.57 Å². The van der Waals surface area contributed by atoms with Gasteiger partial charge in [-0.2, -0.15) is 0 Å². The van der Waals surface area contributed by atoms with Crippen molar-refractivity contribution in [1.29, 1.82) is 0 Å². The van der Waals surface area contributed by atoms with Crippen molar-refractivity contribution in [2.24, 2.45) is 7.05 Å². The van der Waals surface area contributed by atoms with Crippen molar-refractivity contribution in [3.05, 3.63) is 72.6 Å². The molecule has 0 atom stereocenters. The maximum absolute atomic E-state index is 10.4. The van der Waals surface area contributed by atoms with Crippen LogP contribution in [-0.4, -0.2) is 13.0 Å². The standard InChI is InChI=1S/C10H10N.C7H8O3S/c1-11-7-6-9-4-2-3-5-10(9)8-11;1-6-2-4-7(5-3-6)11(8,9)10/h2-8H,1H3;2-5H,1H3,(H,8,9,10)/q+1;/p-1. The zero-order valence-corrected chi connectivity index (χ0v) is 13.2. The van der Waals surface area contributed by atoms with Gasteiger partial charge in [0.25, 0.3) is 0 Å². The van der Waals surface area contributed by atoms with Gasteiger partial charge in [-0.05, 0) is 30.5 Å². The summed E-state index contributed by atoms with van der Waals surface area (Å²) in [7, 11) is -2.24. The smallest absolute Gasteiger partial charge is 0.176 e. The van der Waals surface area contributed by atoms with Crippen LogP contribution in [0.5, 0.6) is 0 Å². The van der Waals surface area contributed by atoms with Crippen molar-refractivity contribution in [3.63, 3.8) is 0 Å². The summed E-state index contributed by atoms with van der Waals surface area (Å²) in [5.41, 5.74) is 0.928. The Kier molecular flexibility index (Phi) is 4.90. The molecule has 22 heavy (non-hydrogen) atoms. The molecule has 114 valence electrons. The van der Waals surface area contributed by atoms with E-state index in [2.05, 4.69) is 47.3 Å². The number of benzene rings is 2. The van der Waals surface area contributed by atoms with E-state index in [-0.39, 0.29) is 4.90 Å². The molecule has 0 aliphatic heterocycles.